The number of hydrogen-bond acceptors (Lipinski definition) is 6. The van der Waals surface area contributed by atoms with E-state index in [1.807, 2.05) is 12.1 Å². The molecule has 0 bridgehead atoms. The van der Waals surface area contributed by atoms with Crippen LogP contribution in [0, 0.1) is 6.92 Å². The van der Waals surface area contributed by atoms with Crippen LogP contribution >= 0.6 is 11.3 Å². The topological polar surface area (TPSA) is 53.9 Å². The molecule has 38 heavy (non-hydrogen) atoms. The maximum Gasteiger partial charge on any atom is 0.310 e. The second kappa shape index (κ2) is 15.2. The van der Waals surface area contributed by atoms with Gasteiger partial charge < -0.3 is 38.9 Å². The highest BCUT2D eigenvalue weighted by Crippen LogP contribution is 2.39. The van der Waals surface area contributed by atoms with Crippen LogP contribution in [0.1, 0.15) is 81.6 Å². The number of rotatable bonds is 12. The number of piperazine rings is 1. The number of anilines is 2. The molecule has 0 unspecified atom stereocenters. The lowest BCUT2D eigenvalue weighted by Crippen LogP contribution is -3.00. The molecule has 2 aliphatic rings. The van der Waals surface area contributed by atoms with Crippen molar-refractivity contribution >= 4 is 39.5 Å². The summed E-state index contributed by atoms with van der Waals surface area (Å²) in [6.07, 6.45) is 11.9. The summed E-state index contributed by atoms with van der Waals surface area (Å²) in [6.45, 7) is 8.51. The zero-order chi connectivity index (χ0) is 26.1. The Hall–Kier alpha value is -1.65. The average molecular weight is 653 g/mol. The minimum absolute atomic E-state index is 0. The van der Waals surface area contributed by atoms with Crippen LogP contribution < -0.4 is 29.3 Å². The molecule has 0 radical (unpaired) electrons. The summed E-state index contributed by atoms with van der Waals surface area (Å²) in [5.41, 5.74) is 3.21. The Kier molecular flexibility index (Phi) is 12.4. The maximum absolute atomic E-state index is 12.4. The van der Waals surface area contributed by atoms with E-state index >= 15 is 0 Å². The van der Waals surface area contributed by atoms with Crippen LogP contribution in [-0.4, -0.2) is 61.1 Å². The number of thiophene rings is 1. The third-order valence-electron chi connectivity index (χ3n) is 7.62. The van der Waals surface area contributed by atoms with E-state index in [4.69, 9.17) is 9.73 Å². The van der Waals surface area contributed by atoms with Crippen molar-refractivity contribution in [2.75, 3.05) is 45.3 Å². The Morgan fingerprint density at radius 1 is 1.05 bits per heavy atom. The first-order valence-electron chi connectivity index (χ1n) is 14.3. The number of aryl methyl sites for hydroxylation is 1. The Labute approximate surface area is 250 Å². The van der Waals surface area contributed by atoms with Gasteiger partial charge in [-0.3, -0.25) is 9.28 Å². The molecule has 1 N–H and O–H groups in total. The van der Waals surface area contributed by atoms with Crippen LogP contribution in [0.5, 0.6) is 0 Å². The maximum atomic E-state index is 12.4. The SMILES string of the molecule is CCCCCCCCCCCC(=O)OC[N+]1(C)CCN(C2=Nc3ccccc3Nc3sc(C)cc32)CC1.[I-]. The molecular weight excluding hydrogens is 607 g/mol. The number of aliphatic imine (C=N–C) groups is 1. The summed E-state index contributed by atoms with van der Waals surface area (Å²) in [4.78, 5) is 21.2. The number of likely N-dealkylation sites (N-methyl/N-ethyl adjacent to an activating group) is 1. The lowest BCUT2D eigenvalue weighted by atomic mass is 10.1. The molecule has 2 aliphatic heterocycles. The van der Waals surface area contributed by atoms with Gasteiger partial charge in [-0.1, -0.05) is 70.4 Å². The van der Waals surface area contributed by atoms with E-state index in [0.717, 1.165) is 65.7 Å². The zero-order valence-corrected chi connectivity index (χ0v) is 26.4. The summed E-state index contributed by atoms with van der Waals surface area (Å²) in [6, 6.07) is 10.5. The summed E-state index contributed by atoms with van der Waals surface area (Å²) in [7, 11) is 2.20. The van der Waals surface area contributed by atoms with Crippen molar-refractivity contribution in [1.29, 1.82) is 0 Å². The third kappa shape index (κ3) is 8.68. The predicted molar refractivity (Wildman–Crippen MR) is 155 cm³/mol. The second-order valence-electron chi connectivity index (χ2n) is 11.0. The van der Waals surface area contributed by atoms with E-state index in [1.165, 1.54) is 55.4 Å². The van der Waals surface area contributed by atoms with Gasteiger partial charge in [0.1, 0.15) is 10.8 Å². The van der Waals surface area contributed by atoms with Crippen LogP contribution in [0.2, 0.25) is 0 Å². The number of para-hydroxylation sites is 2. The van der Waals surface area contributed by atoms with Crippen molar-refractivity contribution in [2.45, 2.75) is 78.1 Å². The van der Waals surface area contributed by atoms with Gasteiger partial charge in [0.2, 0.25) is 6.73 Å². The number of fused-ring (bicyclic) bond motifs is 2. The number of nitrogens with one attached hydrogen (secondary N) is 1. The summed E-state index contributed by atoms with van der Waals surface area (Å²) >= 11 is 1.78. The van der Waals surface area contributed by atoms with Gasteiger partial charge in [-0.05, 0) is 31.5 Å². The van der Waals surface area contributed by atoms with Gasteiger partial charge in [0, 0.05) is 11.3 Å². The first kappa shape index (κ1) is 30.9. The first-order valence-corrected chi connectivity index (χ1v) is 15.1. The van der Waals surface area contributed by atoms with E-state index < -0.39 is 0 Å². The monoisotopic (exact) mass is 652 g/mol. The number of ether oxygens (including phenoxy) is 1. The number of quaternary nitrogens is 1. The number of esters is 1. The standard InChI is InChI=1S/C30H45N4O2S.HI/c1-4-5-6-7-8-9-10-11-12-17-28(35)36-23-34(3)20-18-33(19-21-34)29-25-22-24(2)37-30(25)32-27-16-14-13-15-26(27)31-29;/h13-16,22,32H,4-12,17-21,23H2,1-3H3;1H/q+1;/p-1. The molecule has 6 nitrogen and oxygen atoms in total. The molecule has 2 aromatic rings. The van der Waals surface area contributed by atoms with Gasteiger partial charge in [-0.2, -0.15) is 0 Å². The fourth-order valence-electron chi connectivity index (χ4n) is 5.16. The third-order valence-corrected chi connectivity index (χ3v) is 8.58. The largest absolute Gasteiger partial charge is 1.00 e. The molecule has 0 saturated carbocycles. The highest BCUT2D eigenvalue weighted by molar-refractivity contribution is 7.16. The molecule has 1 aromatic carbocycles. The lowest BCUT2D eigenvalue weighted by molar-refractivity contribution is -0.929. The molecule has 1 saturated heterocycles. The van der Waals surface area contributed by atoms with Crippen molar-refractivity contribution in [3.05, 3.63) is 40.8 Å². The van der Waals surface area contributed by atoms with Crippen molar-refractivity contribution < 1.29 is 38.0 Å². The summed E-state index contributed by atoms with van der Waals surface area (Å²) < 4.78 is 6.50. The number of carbonyl (C=O) groups excluding carboxylic acids is 1. The average Bonchev–Trinajstić information content (AvgIpc) is 3.18. The van der Waals surface area contributed by atoms with E-state index in [0.29, 0.717) is 13.2 Å². The molecule has 8 heteroatoms. The van der Waals surface area contributed by atoms with Crippen LogP contribution in [-0.2, 0) is 9.53 Å². The van der Waals surface area contributed by atoms with Crippen molar-refractivity contribution in [3.63, 3.8) is 0 Å². The van der Waals surface area contributed by atoms with Gasteiger partial charge >= 0.3 is 5.97 Å². The van der Waals surface area contributed by atoms with E-state index in [-0.39, 0.29) is 29.9 Å². The van der Waals surface area contributed by atoms with Crippen molar-refractivity contribution in [3.8, 4) is 0 Å². The quantitative estimate of drug-likeness (QED) is 0.160. The second-order valence-corrected chi connectivity index (χ2v) is 12.2. The molecule has 0 spiro atoms. The highest BCUT2D eigenvalue weighted by Gasteiger charge is 2.33. The Morgan fingerprint density at radius 3 is 2.42 bits per heavy atom. The Balaban J connectivity index is 0.00000400. The normalized spacial score (nSPS) is 15.9. The van der Waals surface area contributed by atoms with E-state index in [9.17, 15) is 4.79 Å². The summed E-state index contributed by atoms with van der Waals surface area (Å²) in [5.74, 6) is 1.00. The van der Waals surface area contributed by atoms with Crippen molar-refractivity contribution in [1.82, 2.24) is 4.90 Å². The zero-order valence-electron chi connectivity index (χ0n) is 23.4. The number of hydrogen-bond donors (Lipinski definition) is 1. The first-order chi connectivity index (χ1) is 18.0. The van der Waals surface area contributed by atoms with Crippen LogP contribution in [0.3, 0.4) is 0 Å². The molecule has 0 amide bonds. The van der Waals surface area contributed by atoms with Crippen LogP contribution in [0.4, 0.5) is 16.4 Å². The molecule has 4 rings (SSSR count). The van der Waals surface area contributed by atoms with Crippen LogP contribution in [0.15, 0.2) is 35.3 Å². The minimum atomic E-state index is -0.0426. The number of amidine groups is 1. The van der Waals surface area contributed by atoms with Gasteiger partial charge in [0.25, 0.3) is 0 Å². The molecule has 210 valence electrons. The van der Waals surface area contributed by atoms with Gasteiger partial charge in [-0.15, -0.1) is 11.3 Å². The number of carbonyl (C=O) groups is 1. The van der Waals surface area contributed by atoms with Crippen molar-refractivity contribution in [2.24, 2.45) is 4.99 Å². The van der Waals surface area contributed by atoms with Crippen LogP contribution in [0.25, 0.3) is 0 Å². The Morgan fingerprint density at radius 2 is 1.71 bits per heavy atom. The molecule has 3 heterocycles. The minimum Gasteiger partial charge on any atom is -1.00 e. The van der Waals surface area contributed by atoms with E-state index in [2.05, 4.69) is 49.3 Å². The molecular formula is C30H45IN4O2S. The molecule has 1 fully saturated rings. The summed E-state index contributed by atoms with van der Waals surface area (Å²) in [5, 5.41) is 4.76. The molecule has 0 atom stereocenters. The number of benzene rings is 1. The number of nitrogens with zero attached hydrogens (tertiary/aromatic N) is 3. The molecule has 0 aliphatic carbocycles. The number of unbranched alkanes of at least 4 members (excludes halogenated alkanes) is 8. The fourth-order valence-corrected chi connectivity index (χ4v) is 6.08. The smallest absolute Gasteiger partial charge is 0.310 e. The lowest BCUT2D eigenvalue weighted by Gasteiger charge is -2.42. The van der Waals surface area contributed by atoms with Gasteiger partial charge in [0.15, 0.2) is 0 Å². The highest BCUT2D eigenvalue weighted by atomic mass is 127. The van der Waals surface area contributed by atoms with Gasteiger partial charge in [0.05, 0.1) is 50.2 Å². The fraction of sp³-hybridized carbons (Fsp3) is 0.600. The molecule has 1 aromatic heterocycles. The van der Waals surface area contributed by atoms with Gasteiger partial charge in [-0.25, -0.2) is 4.99 Å². The Bertz CT molecular complexity index is 1060. The predicted octanol–water partition coefficient (Wildman–Crippen LogP) is 4.38. The number of halogens is 1. The van der Waals surface area contributed by atoms with E-state index in [1.54, 1.807) is 11.3 Å².